The molecule has 1 aromatic rings. The first kappa shape index (κ1) is 23.0. The maximum Gasteiger partial charge on any atom is 0.242 e. The minimum Gasteiger partial charge on any atom is -0.357 e. The number of rotatable bonds is 11. The van der Waals surface area contributed by atoms with Crippen LogP contribution in [-0.4, -0.2) is 55.0 Å². The largest absolute Gasteiger partial charge is 0.357 e. The highest BCUT2D eigenvalue weighted by molar-refractivity contribution is 5.84. The summed E-state index contributed by atoms with van der Waals surface area (Å²) in [6.07, 6.45) is 1.03. The molecule has 0 saturated heterocycles. The second-order valence-corrected chi connectivity index (χ2v) is 7.16. The third-order valence-electron chi connectivity index (χ3n) is 4.27. The van der Waals surface area contributed by atoms with Gasteiger partial charge >= 0.3 is 0 Å². The zero-order chi connectivity index (χ0) is 20.1. The van der Waals surface area contributed by atoms with Crippen molar-refractivity contribution < 1.29 is 4.79 Å². The number of guanidine groups is 1. The molecule has 27 heavy (non-hydrogen) atoms. The van der Waals surface area contributed by atoms with E-state index < -0.39 is 0 Å². The van der Waals surface area contributed by atoms with Crippen molar-refractivity contribution in [3.05, 3.63) is 35.9 Å². The topological polar surface area (TPSA) is 68.8 Å². The molecular weight excluding hydrogens is 338 g/mol. The van der Waals surface area contributed by atoms with Crippen LogP contribution in [0, 0.1) is 0 Å². The summed E-state index contributed by atoms with van der Waals surface area (Å²) in [5.41, 5.74) is 1.08. The van der Waals surface area contributed by atoms with Crippen molar-refractivity contribution in [2.45, 2.75) is 59.7 Å². The molecule has 0 aromatic heterocycles. The molecule has 0 radical (unpaired) electrons. The number of nitrogens with zero attached hydrogens (tertiary/aromatic N) is 2. The van der Waals surface area contributed by atoms with E-state index in [4.69, 9.17) is 0 Å². The van der Waals surface area contributed by atoms with Crippen LogP contribution in [0.4, 0.5) is 0 Å². The van der Waals surface area contributed by atoms with E-state index in [0.717, 1.165) is 31.6 Å². The first-order valence-corrected chi connectivity index (χ1v) is 10.0. The predicted molar refractivity (Wildman–Crippen MR) is 114 cm³/mol. The number of benzene rings is 1. The van der Waals surface area contributed by atoms with Crippen LogP contribution in [0.25, 0.3) is 0 Å². The smallest absolute Gasteiger partial charge is 0.242 e. The van der Waals surface area contributed by atoms with Crippen LogP contribution in [0.15, 0.2) is 35.3 Å². The lowest BCUT2D eigenvalue weighted by Gasteiger charge is -2.30. The van der Waals surface area contributed by atoms with Crippen molar-refractivity contribution in [1.82, 2.24) is 20.9 Å². The Morgan fingerprint density at radius 2 is 1.70 bits per heavy atom. The fourth-order valence-electron chi connectivity index (χ4n) is 2.93. The van der Waals surface area contributed by atoms with Gasteiger partial charge in [-0.05, 0) is 46.6 Å². The molecule has 0 spiro atoms. The van der Waals surface area contributed by atoms with E-state index in [-0.39, 0.29) is 12.5 Å². The van der Waals surface area contributed by atoms with E-state index in [2.05, 4.69) is 53.5 Å². The fourth-order valence-corrected chi connectivity index (χ4v) is 2.93. The molecule has 1 amide bonds. The van der Waals surface area contributed by atoms with E-state index in [1.807, 2.05) is 37.3 Å². The fraction of sp³-hybridized carbons (Fsp3) is 0.619. The molecule has 0 atom stereocenters. The van der Waals surface area contributed by atoms with Crippen LogP contribution in [0.5, 0.6) is 0 Å². The molecule has 0 unspecified atom stereocenters. The Kier molecular flexibility index (Phi) is 11.2. The van der Waals surface area contributed by atoms with E-state index in [0.29, 0.717) is 24.6 Å². The number of nitrogens with one attached hydrogen (secondary N) is 3. The molecule has 0 aliphatic rings. The molecule has 6 nitrogen and oxygen atoms in total. The Morgan fingerprint density at radius 3 is 2.30 bits per heavy atom. The molecule has 0 bridgehead atoms. The highest BCUT2D eigenvalue weighted by atomic mass is 16.1. The minimum atomic E-state index is -0.0816. The second-order valence-electron chi connectivity index (χ2n) is 7.16. The number of carbonyl (C=O) groups is 1. The lowest BCUT2D eigenvalue weighted by molar-refractivity contribution is -0.119. The van der Waals surface area contributed by atoms with Crippen LogP contribution in [0.1, 0.15) is 46.6 Å². The Labute approximate surface area is 164 Å². The lowest BCUT2D eigenvalue weighted by Crippen LogP contribution is -2.41. The summed E-state index contributed by atoms with van der Waals surface area (Å²) in [5, 5.41) is 9.40. The summed E-state index contributed by atoms with van der Waals surface area (Å²) in [4.78, 5) is 18.9. The van der Waals surface area contributed by atoms with Gasteiger partial charge in [-0.2, -0.15) is 0 Å². The Balaban J connectivity index is 2.37. The van der Waals surface area contributed by atoms with Gasteiger partial charge in [0.05, 0.1) is 0 Å². The summed E-state index contributed by atoms with van der Waals surface area (Å²) >= 11 is 0. The van der Waals surface area contributed by atoms with Crippen molar-refractivity contribution in [2.75, 3.05) is 26.2 Å². The van der Waals surface area contributed by atoms with E-state index in [1.54, 1.807) is 0 Å². The molecule has 0 heterocycles. The van der Waals surface area contributed by atoms with Gasteiger partial charge in [-0.25, -0.2) is 4.99 Å². The van der Waals surface area contributed by atoms with Gasteiger partial charge in [0.15, 0.2) is 5.96 Å². The van der Waals surface area contributed by atoms with Crippen molar-refractivity contribution >= 4 is 11.9 Å². The van der Waals surface area contributed by atoms with Gasteiger partial charge < -0.3 is 16.0 Å². The Morgan fingerprint density at radius 1 is 1.04 bits per heavy atom. The van der Waals surface area contributed by atoms with Crippen molar-refractivity contribution in [1.29, 1.82) is 0 Å². The van der Waals surface area contributed by atoms with E-state index in [1.165, 1.54) is 0 Å². The Bertz CT molecular complexity index is 549. The maximum absolute atomic E-state index is 12.0. The molecule has 1 aromatic carbocycles. The molecular formula is C21H37N5O. The first-order chi connectivity index (χ1) is 12.9. The van der Waals surface area contributed by atoms with Crippen LogP contribution < -0.4 is 16.0 Å². The van der Waals surface area contributed by atoms with Gasteiger partial charge in [-0.3, -0.25) is 9.69 Å². The van der Waals surface area contributed by atoms with Crippen molar-refractivity contribution in [3.63, 3.8) is 0 Å². The molecule has 152 valence electrons. The van der Waals surface area contributed by atoms with Gasteiger partial charge in [0.1, 0.15) is 6.54 Å². The summed E-state index contributed by atoms with van der Waals surface area (Å²) in [5.74, 6) is 0.606. The van der Waals surface area contributed by atoms with E-state index in [9.17, 15) is 4.79 Å². The summed E-state index contributed by atoms with van der Waals surface area (Å²) < 4.78 is 0. The minimum absolute atomic E-state index is 0.0816. The average molecular weight is 376 g/mol. The molecule has 0 aliphatic carbocycles. The summed E-state index contributed by atoms with van der Waals surface area (Å²) in [6, 6.07) is 11.0. The summed E-state index contributed by atoms with van der Waals surface area (Å²) in [7, 11) is 0. The first-order valence-electron chi connectivity index (χ1n) is 10.0. The predicted octanol–water partition coefficient (Wildman–Crippen LogP) is 2.37. The molecule has 0 fully saturated rings. The highest BCUT2D eigenvalue weighted by Gasteiger charge is 2.12. The highest BCUT2D eigenvalue weighted by Crippen LogP contribution is 2.05. The molecule has 6 heteroatoms. The molecule has 1 rings (SSSR count). The van der Waals surface area contributed by atoms with Crippen molar-refractivity contribution in [3.8, 4) is 0 Å². The number of hydrogen-bond acceptors (Lipinski definition) is 3. The lowest BCUT2D eigenvalue weighted by atomic mass is 10.2. The molecule has 3 N–H and O–H groups in total. The quantitative estimate of drug-likeness (QED) is 0.316. The third-order valence-corrected chi connectivity index (χ3v) is 4.27. The third kappa shape index (κ3) is 9.99. The number of amides is 1. The standard InChI is InChI=1S/C21H37N5O/c1-6-22-21(23-13-10-14-26(17(2)3)18(4)5)25-16-20(27)24-15-19-11-8-7-9-12-19/h7-9,11-12,17-18H,6,10,13-16H2,1-5H3,(H,24,27)(H2,22,23,25). The van der Waals surface area contributed by atoms with Gasteiger partial charge in [0, 0.05) is 38.3 Å². The van der Waals surface area contributed by atoms with Crippen LogP contribution in [0.2, 0.25) is 0 Å². The second kappa shape index (κ2) is 13.1. The number of aliphatic imine (C=N–C) groups is 1. The van der Waals surface area contributed by atoms with Crippen LogP contribution in [0.3, 0.4) is 0 Å². The molecule has 0 aliphatic heterocycles. The zero-order valence-corrected chi connectivity index (χ0v) is 17.6. The van der Waals surface area contributed by atoms with Gasteiger partial charge in [0.2, 0.25) is 5.91 Å². The van der Waals surface area contributed by atoms with Crippen LogP contribution in [-0.2, 0) is 11.3 Å². The monoisotopic (exact) mass is 375 g/mol. The van der Waals surface area contributed by atoms with E-state index >= 15 is 0 Å². The zero-order valence-electron chi connectivity index (χ0n) is 17.6. The average Bonchev–Trinajstić information content (AvgIpc) is 2.64. The SMILES string of the molecule is CCNC(=NCC(=O)NCc1ccccc1)NCCCN(C(C)C)C(C)C. The van der Waals surface area contributed by atoms with Crippen LogP contribution >= 0.6 is 0 Å². The molecule has 0 saturated carbocycles. The van der Waals surface area contributed by atoms with Gasteiger partial charge in [-0.15, -0.1) is 0 Å². The summed E-state index contributed by atoms with van der Waals surface area (Å²) in [6.45, 7) is 14.2. The number of hydrogen-bond donors (Lipinski definition) is 3. The van der Waals surface area contributed by atoms with Gasteiger partial charge in [0.25, 0.3) is 0 Å². The van der Waals surface area contributed by atoms with Gasteiger partial charge in [-0.1, -0.05) is 30.3 Å². The maximum atomic E-state index is 12.0. The number of carbonyl (C=O) groups excluding carboxylic acids is 1. The van der Waals surface area contributed by atoms with Crippen molar-refractivity contribution in [2.24, 2.45) is 4.99 Å². The normalized spacial score (nSPS) is 11.9. The Hall–Kier alpha value is -2.08.